The number of carboxylic acids is 1. The second kappa shape index (κ2) is 3.43. The van der Waals surface area contributed by atoms with Gasteiger partial charge in [0.15, 0.2) is 5.69 Å². The van der Waals surface area contributed by atoms with Gasteiger partial charge in [0.2, 0.25) is 0 Å². The molecule has 1 aromatic heterocycles. The molecule has 0 aliphatic heterocycles. The van der Waals surface area contributed by atoms with E-state index in [1.807, 2.05) is 0 Å². The second-order valence-corrected chi connectivity index (χ2v) is 4.02. The smallest absolute Gasteiger partial charge is 0.355 e. The van der Waals surface area contributed by atoms with Gasteiger partial charge in [0.1, 0.15) is 0 Å². The normalized spacial score (nSPS) is 16.0. The number of hydrogen-bond acceptors (Lipinski definition) is 4. The molecule has 4 nitrogen and oxygen atoms in total. The Kier molecular flexibility index (Phi) is 2.28. The molecule has 0 amide bonds. The van der Waals surface area contributed by atoms with Crippen molar-refractivity contribution in [3.05, 3.63) is 16.1 Å². The molecule has 70 valence electrons. The monoisotopic (exact) mass is 198 g/mol. The van der Waals surface area contributed by atoms with Crippen LogP contribution < -0.4 is 5.32 Å². The molecule has 1 saturated carbocycles. The average Bonchev–Trinajstić information content (AvgIpc) is 2.79. The summed E-state index contributed by atoms with van der Waals surface area (Å²) < 4.78 is 0. The zero-order valence-corrected chi connectivity index (χ0v) is 7.80. The third kappa shape index (κ3) is 2.05. The Morgan fingerprint density at radius 1 is 1.77 bits per heavy atom. The van der Waals surface area contributed by atoms with Crippen molar-refractivity contribution in [1.82, 2.24) is 10.3 Å². The van der Waals surface area contributed by atoms with Crippen molar-refractivity contribution in [3.63, 3.8) is 0 Å². The molecular weight excluding hydrogens is 188 g/mol. The van der Waals surface area contributed by atoms with Crippen molar-refractivity contribution in [1.29, 1.82) is 0 Å². The molecule has 0 saturated heterocycles. The highest BCUT2D eigenvalue weighted by Crippen LogP contribution is 2.21. The number of aromatic carboxylic acids is 1. The summed E-state index contributed by atoms with van der Waals surface area (Å²) in [6.45, 7) is 0.636. The van der Waals surface area contributed by atoms with Gasteiger partial charge >= 0.3 is 5.97 Å². The first kappa shape index (κ1) is 8.65. The molecule has 1 aliphatic rings. The van der Waals surface area contributed by atoms with Crippen LogP contribution in [0.3, 0.4) is 0 Å². The van der Waals surface area contributed by atoms with Crippen molar-refractivity contribution < 1.29 is 9.90 Å². The number of nitrogens with one attached hydrogen (secondary N) is 1. The van der Waals surface area contributed by atoms with Crippen LogP contribution in [0.5, 0.6) is 0 Å². The highest BCUT2D eigenvalue weighted by molar-refractivity contribution is 7.09. The average molecular weight is 198 g/mol. The molecule has 13 heavy (non-hydrogen) atoms. The molecule has 1 heterocycles. The lowest BCUT2D eigenvalue weighted by Crippen LogP contribution is -2.16. The van der Waals surface area contributed by atoms with E-state index in [0.717, 1.165) is 4.88 Å². The van der Waals surface area contributed by atoms with Crippen LogP contribution in [0.15, 0.2) is 5.51 Å². The number of nitrogens with zero attached hydrogens (tertiary/aromatic N) is 1. The summed E-state index contributed by atoms with van der Waals surface area (Å²) in [4.78, 5) is 15.3. The molecule has 0 spiro atoms. The first-order valence-electron chi connectivity index (χ1n) is 4.16. The van der Waals surface area contributed by atoms with Gasteiger partial charge in [-0.05, 0) is 12.8 Å². The van der Waals surface area contributed by atoms with E-state index >= 15 is 0 Å². The van der Waals surface area contributed by atoms with Gasteiger partial charge < -0.3 is 10.4 Å². The summed E-state index contributed by atoms with van der Waals surface area (Å²) >= 11 is 1.39. The standard InChI is InChI=1S/C8H10N2O2S/c11-8(12)7-6(13-4-10-7)3-9-5-1-2-5/h4-5,9H,1-3H2,(H,11,12). The van der Waals surface area contributed by atoms with Gasteiger partial charge in [-0.2, -0.15) is 0 Å². The van der Waals surface area contributed by atoms with E-state index in [2.05, 4.69) is 10.3 Å². The third-order valence-electron chi connectivity index (χ3n) is 1.97. The van der Waals surface area contributed by atoms with Gasteiger partial charge in [-0.1, -0.05) is 0 Å². The lowest BCUT2D eigenvalue weighted by molar-refractivity contribution is 0.0690. The molecule has 1 fully saturated rings. The topological polar surface area (TPSA) is 62.2 Å². The van der Waals surface area contributed by atoms with Crippen LogP contribution in [0, 0.1) is 0 Å². The Morgan fingerprint density at radius 3 is 3.15 bits per heavy atom. The van der Waals surface area contributed by atoms with E-state index in [0.29, 0.717) is 12.6 Å². The second-order valence-electron chi connectivity index (χ2n) is 3.08. The van der Waals surface area contributed by atoms with E-state index in [-0.39, 0.29) is 5.69 Å². The first-order chi connectivity index (χ1) is 6.27. The Labute approximate surface area is 79.6 Å². The molecule has 0 bridgehead atoms. The Balaban J connectivity index is 2.00. The van der Waals surface area contributed by atoms with Gasteiger partial charge in [-0.15, -0.1) is 11.3 Å². The van der Waals surface area contributed by atoms with Crippen LogP contribution in [-0.2, 0) is 6.54 Å². The molecule has 2 N–H and O–H groups in total. The fraction of sp³-hybridized carbons (Fsp3) is 0.500. The van der Waals surface area contributed by atoms with Crippen LogP contribution in [-0.4, -0.2) is 22.1 Å². The summed E-state index contributed by atoms with van der Waals surface area (Å²) in [6.07, 6.45) is 2.42. The molecule has 0 radical (unpaired) electrons. The molecule has 1 aliphatic carbocycles. The van der Waals surface area contributed by atoms with Crippen molar-refractivity contribution in [3.8, 4) is 0 Å². The predicted molar refractivity (Wildman–Crippen MR) is 48.9 cm³/mol. The summed E-state index contributed by atoms with van der Waals surface area (Å²) in [5, 5.41) is 12.0. The molecule has 0 atom stereocenters. The van der Waals surface area contributed by atoms with Gasteiger partial charge in [-0.3, -0.25) is 0 Å². The lowest BCUT2D eigenvalue weighted by atomic mass is 10.3. The summed E-state index contributed by atoms with van der Waals surface area (Å²) in [5.74, 6) is -0.936. The minimum Gasteiger partial charge on any atom is -0.476 e. The molecule has 2 rings (SSSR count). The fourth-order valence-corrected chi connectivity index (χ4v) is 1.80. The Hall–Kier alpha value is -0.940. The van der Waals surface area contributed by atoms with Gasteiger partial charge in [0.05, 0.1) is 10.4 Å². The summed E-state index contributed by atoms with van der Waals surface area (Å²) in [7, 11) is 0. The van der Waals surface area contributed by atoms with E-state index in [1.165, 1.54) is 24.2 Å². The zero-order valence-electron chi connectivity index (χ0n) is 6.99. The minimum atomic E-state index is -0.936. The largest absolute Gasteiger partial charge is 0.476 e. The van der Waals surface area contributed by atoms with Crippen LogP contribution in [0.2, 0.25) is 0 Å². The van der Waals surface area contributed by atoms with Gasteiger partial charge in [0.25, 0.3) is 0 Å². The summed E-state index contributed by atoms with van der Waals surface area (Å²) in [5.41, 5.74) is 1.77. The van der Waals surface area contributed by atoms with Crippen molar-refractivity contribution >= 4 is 17.3 Å². The van der Waals surface area contributed by atoms with Crippen LogP contribution in [0.25, 0.3) is 0 Å². The number of aromatic nitrogens is 1. The fourth-order valence-electron chi connectivity index (χ4n) is 1.09. The Bertz CT molecular complexity index is 320. The molecule has 0 unspecified atom stereocenters. The van der Waals surface area contributed by atoms with Crippen molar-refractivity contribution in [2.24, 2.45) is 0 Å². The molecular formula is C8H10N2O2S. The van der Waals surface area contributed by atoms with Gasteiger partial charge in [-0.25, -0.2) is 9.78 Å². The Morgan fingerprint density at radius 2 is 2.54 bits per heavy atom. The quantitative estimate of drug-likeness (QED) is 0.760. The molecule has 1 aromatic rings. The highest BCUT2D eigenvalue weighted by atomic mass is 32.1. The van der Waals surface area contributed by atoms with E-state index in [4.69, 9.17) is 5.11 Å². The highest BCUT2D eigenvalue weighted by Gasteiger charge is 2.21. The van der Waals surface area contributed by atoms with E-state index in [1.54, 1.807) is 5.51 Å². The first-order valence-corrected chi connectivity index (χ1v) is 5.04. The number of carboxylic acid groups (broad SMARTS) is 1. The van der Waals surface area contributed by atoms with Crippen LogP contribution >= 0.6 is 11.3 Å². The van der Waals surface area contributed by atoms with Crippen LogP contribution in [0.1, 0.15) is 28.2 Å². The van der Waals surface area contributed by atoms with E-state index < -0.39 is 5.97 Å². The number of hydrogen-bond donors (Lipinski definition) is 2. The van der Waals surface area contributed by atoms with Crippen molar-refractivity contribution in [2.75, 3.05) is 0 Å². The summed E-state index contributed by atoms with van der Waals surface area (Å²) in [6, 6.07) is 0.601. The minimum absolute atomic E-state index is 0.193. The number of carbonyl (C=O) groups is 1. The van der Waals surface area contributed by atoms with Gasteiger partial charge in [0, 0.05) is 12.6 Å². The lowest BCUT2D eigenvalue weighted by Gasteiger charge is -1.99. The zero-order chi connectivity index (χ0) is 9.26. The predicted octanol–water partition coefficient (Wildman–Crippen LogP) is 1.09. The maximum Gasteiger partial charge on any atom is 0.355 e. The van der Waals surface area contributed by atoms with Crippen molar-refractivity contribution in [2.45, 2.75) is 25.4 Å². The number of rotatable bonds is 4. The maximum absolute atomic E-state index is 10.7. The SMILES string of the molecule is O=C(O)c1ncsc1CNC1CC1. The molecule has 0 aromatic carbocycles. The molecule has 5 heteroatoms. The van der Waals surface area contributed by atoms with Crippen LogP contribution in [0.4, 0.5) is 0 Å². The third-order valence-corrected chi connectivity index (χ3v) is 2.81. The number of thiazole rings is 1. The maximum atomic E-state index is 10.7. The van der Waals surface area contributed by atoms with E-state index in [9.17, 15) is 4.79 Å².